The molecule has 2 amide bonds. The van der Waals surface area contributed by atoms with Crippen molar-refractivity contribution in [2.45, 2.75) is 38.3 Å². The molecule has 0 fully saturated rings. The Morgan fingerprint density at radius 1 is 1.00 bits per heavy atom. The van der Waals surface area contributed by atoms with Gasteiger partial charge >= 0.3 is 0 Å². The fourth-order valence-electron chi connectivity index (χ4n) is 4.85. The zero-order valence-corrected chi connectivity index (χ0v) is 21.2. The molecule has 1 aliphatic carbocycles. The predicted molar refractivity (Wildman–Crippen MR) is 146 cm³/mol. The van der Waals surface area contributed by atoms with Gasteiger partial charge in [-0.2, -0.15) is 11.8 Å². The smallest absolute Gasteiger partial charge is 0.251 e. The van der Waals surface area contributed by atoms with Gasteiger partial charge in [-0.1, -0.05) is 36.4 Å². The first-order valence-corrected chi connectivity index (χ1v) is 13.7. The first-order valence-electron chi connectivity index (χ1n) is 12.3. The summed E-state index contributed by atoms with van der Waals surface area (Å²) >= 11 is 1.72. The van der Waals surface area contributed by atoms with Gasteiger partial charge in [0.05, 0.1) is 17.1 Å². The molecule has 1 atom stereocenters. The Kier molecular flexibility index (Phi) is 7.37. The van der Waals surface area contributed by atoms with E-state index >= 15 is 0 Å². The average Bonchev–Trinajstić information content (AvgIpc) is 3.51. The standard InChI is InChI=1S/C29H30N4O2S/c1-36-17-16-25(32-29(35)21-8-3-2-4-9-21)28-31-24-12-5-6-13-26(24)33(28)19-27(34)30-23-15-14-20-10-7-11-22(20)18-23/h2-6,8-9,12-15,18,25H,7,10-11,16-17,19H2,1H3,(H,30,34)(H,32,35). The lowest BCUT2D eigenvalue weighted by molar-refractivity contribution is -0.116. The van der Waals surface area contributed by atoms with Crippen molar-refractivity contribution in [3.8, 4) is 0 Å². The topological polar surface area (TPSA) is 76.0 Å². The van der Waals surface area contributed by atoms with Crippen LogP contribution in [0.2, 0.25) is 0 Å². The number of nitrogens with one attached hydrogen (secondary N) is 2. The Labute approximate surface area is 215 Å². The van der Waals surface area contributed by atoms with Crippen LogP contribution in [-0.2, 0) is 24.2 Å². The second-order valence-electron chi connectivity index (χ2n) is 9.10. The molecule has 7 heteroatoms. The maximum Gasteiger partial charge on any atom is 0.251 e. The SMILES string of the molecule is CSCCC(NC(=O)c1ccccc1)c1nc2ccccc2n1CC(=O)Nc1ccc2c(c1)CCC2. The quantitative estimate of drug-likeness (QED) is 0.325. The van der Waals surface area contributed by atoms with E-state index in [9.17, 15) is 9.59 Å². The molecule has 0 bridgehead atoms. The minimum atomic E-state index is -0.328. The highest BCUT2D eigenvalue weighted by atomic mass is 32.2. The molecule has 1 aromatic heterocycles. The zero-order chi connectivity index (χ0) is 24.9. The van der Waals surface area contributed by atoms with Crippen LogP contribution in [0.4, 0.5) is 5.69 Å². The number of hydrogen-bond donors (Lipinski definition) is 2. The van der Waals surface area contributed by atoms with Gasteiger partial charge in [0.2, 0.25) is 5.91 Å². The molecule has 2 N–H and O–H groups in total. The van der Waals surface area contributed by atoms with Crippen LogP contribution in [0.15, 0.2) is 72.8 Å². The van der Waals surface area contributed by atoms with E-state index in [2.05, 4.69) is 22.8 Å². The molecule has 0 aliphatic heterocycles. The van der Waals surface area contributed by atoms with Crippen molar-refractivity contribution < 1.29 is 9.59 Å². The van der Waals surface area contributed by atoms with Crippen molar-refractivity contribution in [1.29, 1.82) is 0 Å². The summed E-state index contributed by atoms with van der Waals surface area (Å²) in [6.07, 6.45) is 6.09. The predicted octanol–water partition coefficient (Wildman–Crippen LogP) is 5.39. The number of rotatable bonds is 9. The van der Waals surface area contributed by atoms with Crippen LogP contribution in [0.1, 0.15) is 46.2 Å². The summed E-state index contributed by atoms with van der Waals surface area (Å²) in [4.78, 5) is 31.1. The lowest BCUT2D eigenvalue weighted by atomic mass is 10.1. The maximum absolute atomic E-state index is 13.2. The first-order chi connectivity index (χ1) is 17.6. The van der Waals surface area contributed by atoms with Gasteiger partial charge in [-0.3, -0.25) is 9.59 Å². The van der Waals surface area contributed by atoms with Crippen LogP contribution in [-0.4, -0.2) is 33.4 Å². The van der Waals surface area contributed by atoms with E-state index in [1.165, 1.54) is 17.5 Å². The summed E-state index contributed by atoms with van der Waals surface area (Å²) in [5, 5.41) is 6.24. The van der Waals surface area contributed by atoms with E-state index in [-0.39, 0.29) is 24.4 Å². The Balaban J connectivity index is 1.43. The Bertz CT molecular complexity index is 1380. The lowest BCUT2D eigenvalue weighted by Crippen LogP contribution is -2.32. The van der Waals surface area contributed by atoms with Gasteiger partial charge in [0.1, 0.15) is 12.4 Å². The lowest BCUT2D eigenvalue weighted by Gasteiger charge is -2.20. The number of carbonyl (C=O) groups is 2. The largest absolute Gasteiger partial charge is 0.342 e. The monoisotopic (exact) mass is 498 g/mol. The van der Waals surface area contributed by atoms with Gasteiger partial charge in [0.25, 0.3) is 5.91 Å². The number of thioether (sulfide) groups is 1. The number of aryl methyl sites for hydroxylation is 2. The summed E-state index contributed by atoms with van der Waals surface area (Å²) in [5.74, 6) is 1.28. The number of para-hydroxylation sites is 2. The number of hydrogen-bond acceptors (Lipinski definition) is 4. The molecule has 5 rings (SSSR count). The van der Waals surface area contributed by atoms with Crippen LogP contribution < -0.4 is 10.6 Å². The number of fused-ring (bicyclic) bond motifs is 2. The highest BCUT2D eigenvalue weighted by Crippen LogP contribution is 2.27. The van der Waals surface area contributed by atoms with Crippen molar-refractivity contribution in [3.63, 3.8) is 0 Å². The van der Waals surface area contributed by atoms with E-state index in [4.69, 9.17) is 4.98 Å². The van der Waals surface area contributed by atoms with E-state index < -0.39 is 0 Å². The molecule has 4 aromatic rings. The molecule has 6 nitrogen and oxygen atoms in total. The van der Waals surface area contributed by atoms with Crippen LogP contribution in [0, 0.1) is 0 Å². The second-order valence-corrected chi connectivity index (χ2v) is 10.1. The van der Waals surface area contributed by atoms with Gasteiger partial charge < -0.3 is 15.2 Å². The van der Waals surface area contributed by atoms with Crippen molar-refractivity contribution in [2.75, 3.05) is 17.3 Å². The first kappa shape index (κ1) is 24.1. The highest BCUT2D eigenvalue weighted by Gasteiger charge is 2.24. The van der Waals surface area contributed by atoms with E-state index in [0.717, 1.165) is 35.3 Å². The molecule has 0 saturated carbocycles. The number of benzene rings is 3. The van der Waals surface area contributed by atoms with E-state index in [1.54, 1.807) is 23.9 Å². The van der Waals surface area contributed by atoms with Crippen molar-refractivity contribution >= 4 is 40.3 Å². The summed E-state index contributed by atoms with van der Waals surface area (Å²) in [6.45, 7) is 0.115. The number of anilines is 1. The number of carbonyl (C=O) groups excluding carboxylic acids is 2. The summed E-state index contributed by atoms with van der Waals surface area (Å²) in [5.41, 5.74) is 5.80. The van der Waals surface area contributed by atoms with E-state index in [0.29, 0.717) is 17.8 Å². The molecular weight excluding hydrogens is 468 g/mol. The van der Waals surface area contributed by atoms with Crippen molar-refractivity contribution in [1.82, 2.24) is 14.9 Å². The minimum Gasteiger partial charge on any atom is -0.342 e. The third-order valence-electron chi connectivity index (χ3n) is 6.63. The van der Waals surface area contributed by atoms with Crippen molar-refractivity contribution in [3.05, 3.63) is 95.3 Å². The molecular formula is C29H30N4O2S. The molecule has 1 heterocycles. The van der Waals surface area contributed by atoms with Crippen LogP contribution in [0.3, 0.4) is 0 Å². The third-order valence-corrected chi connectivity index (χ3v) is 7.28. The normalized spacial score (nSPS) is 13.4. The number of nitrogens with zero attached hydrogens (tertiary/aromatic N) is 2. The molecule has 1 unspecified atom stereocenters. The Hall–Kier alpha value is -3.58. The third kappa shape index (κ3) is 5.31. The van der Waals surface area contributed by atoms with Crippen LogP contribution in [0.25, 0.3) is 11.0 Å². The fraction of sp³-hybridized carbons (Fsp3) is 0.276. The minimum absolute atomic E-state index is 0.115. The summed E-state index contributed by atoms with van der Waals surface area (Å²) < 4.78 is 1.94. The average molecular weight is 499 g/mol. The van der Waals surface area contributed by atoms with Gasteiger partial charge in [-0.15, -0.1) is 0 Å². The van der Waals surface area contributed by atoms with Gasteiger partial charge in [-0.25, -0.2) is 4.98 Å². The molecule has 1 aliphatic rings. The summed E-state index contributed by atoms with van der Waals surface area (Å²) in [6, 6.07) is 22.9. The highest BCUT2D eigenvalue weighted by molar-refractivity contribution is 7.98. The van der Waals surface area contributed by atoms with Crippen molar-refractivity contribution in [2.24, 2.45) is 0 Å². The number of amides is 2. The summed E-state index contributed by atoms with van der Waals surface area (Å²) in [7, 11) is 0. The molecule has 0 radical (unpaired) electrons. The number of imidazole rings is 1. The second kappa shape index (κ2) is 11.0. The molecule has 36 heavy (non-hydrogen) atoms. The number of aromatic nitrogens is 2. The van der Waals surface area contributed by atoms with Crippen LogP contribution >= 0.6 is 11.8 Å². The molecule has 3 aromatic carbocycles. The van der Waals surface area contributed by atoms with Crippen LogP contribution in [0.5, 0.6) is 0 Å². The molecule has 0 spiro atoms. The van der Waals surface area contributed by atoms with E-state index in [1.807, 2.05) is 59.4 Å². The van der Waals surface area contributed by atoms with Gasteiger partial charge in [0.15, 0.2) is 0 Å². The van der Waals surface area contributed by atoms with Gasteiger partial charge in [0, 0.05) is 11.3 Å². The molecule has 184 valence electrons. The zero-order valence-electron chi connectivity index (χ0n) is 20.4. The maximum atomic E-state index is 13.2. The molecule has 0 saturated heterocycles. The Morgan fingerprint density at radius 2 is 1.78 bits per heavy atom. The fourth-order valence-corrected chi connectivity index (χ4v) is 5.32. The Morgan fingerprint density at radius 3 is 2.61 bits per heavy atom. The van der Waals surface area contributed by atoms with Gasteiger partial charge in [-0.05, 0) is 85.2 Å².